The van der Waals surface area contributed by atoms with Gasteiger partial charge in [0.25, 0.3) is 0 Å². The summed E-state index contributed by atoms with van der Waals surface area (Å²) >= 11 is 6.19. The van der Waals surface area contributed by atoms with E-state index in [0.29, 0.717) is 0 Å². The van der Waals surface area contributed by atoms with Crippen LogP contribution in [-0.4, -0.2) is 37.4 Å². The first kappa shape index (κ1) is 11.7. The van der Waals surface area contributed by atoms with Gasteiger partial charge in [-0.3, -0.25) is 0 Å². The smallest absolute Gasteiger partial charge is 0.0647 e. The van der Waals surface area contributed by atoms with Crippen molar-refractivity contribution in [2.75, 3.05) is 31.1 Å². The maximum atomic E-state index is 9.41. The Morgan fingerprint density at radius 2 is 2.25 bits per heavy atom. The Morgan fingerprint density at radius 3 is 3.00 bits per heavy atom. The van der Waals surface area contributed by atoms with Crippen molar-refractivity contribution < 1.29 is 5.11 Å². The number of aliphatic hydroxyl groups excluding tert-OH is 1. The minimum atomic E-state index is 0.113. The van der Waals surface area contributed by atoms with Gasteiger partial charge in [-0.25, -0.2) is 0 Å². The molecule has 2 N–H and O–H groups in total. The van der Waals surface area contributed by atoms with Crippen molar-refractivity contribution >= 4 is 17.3 Å². The van der Waals surface area contributed by atoms with Crippen LogP contribution in [0.4, 0.5) is 5.69 Å². The minimum Gasteiger partial charge on any atom is -0.394 e. The molecule has 1 aliphatic rings. The largest absolute Gasteiger partial charge is 0.394 e. The first-order valence-corrected chi connectivity index (χ1v) is 6.03. The van der Waals surface area contributed by atoms with Crippen LogP contribution in [-0.2, 0) is 0 Å². The number of para-hydroxylation sites is 1. The van der Waals surface area contributed by atoms with E-state index in [4.69, 9.17) is 11.6 Å². The summed E-state index contributed by atoms with van der Waals surface area (Å²) < 4.78 is 0. The normalized spacial score (nSPS) is 21.9. The number of nitrogens with one attached hydrogen (secondary N) is 1. The van der Waals surface area contributed by atoms with Gasteiger partial charge >= 0.3 is 0 Å². The van der Waals surface area contributed by atoms with Crippen molar-refractivity contribution in [2.24, 2.45) is 0 Å². The molecule has 0 aromatic heterocycles. The molecule has 0 bridgehead atoms. The molecule has 0 aliphatic carbocycles. The van der Waals surface area contributed by atoms with E-state index < -0.39 is 0 Å². The fourth-order valence-electron chi connectivity index (χ4n) is 2.10. The van der Waals surface area contributed by atoms with Gasteiger partial charge in [0.15, 0.2) is 0 Å². The Labute approximate surface area is 101 Å². The molecule has 0 spiro atoms. The molecule has 1 saturated heterocycles. The number of nitrogens with zero attached hydrogens (tertiary/aromatic N) is 1. The lowest BCUT2D eigenvalue weighted by molar-refractivity contribution is 0.260. The Morgan fingerprint density at radius 1 is 1.44 bits per heavy atom. The molecule has 1 atom stereocenters. The summed E-state index contributed by atoms with van der Waals surface area (Å²) in [7, 11) is 0. The molecule has 1 aromatic carbocycles. The van der Waals surface area contributed by atoms with Crippen LogP contribution < -0.4 is 10.2 Å². The molecule has 1 fully saturated rings. The Balaban J connectivity index is 2.25. The molecule has 1 aromatic rings. The lowest BCUT2D eigenvalue weighted by atomic mass is 10.2. The molecular formula is C12H17ClN2O. The van der Waals surface area contributed by atoms with Crippen LogP contribution in [0.1, 0.15) is 6.42 Å². The van der Waals surface area contributed by atoms with Crippen molar-refractivity contribution in [3.8, 4) is 0 Å². The summed E-state index contributed by atoms with van der Waals surface area (Å²) in [6.45, 7) is 2.89. The SMILES string of the molecule is OCC1CNCCCN1c1ccccc1Cl. The minimum absolute atomic E-state index is 0.113. The monoisotopic (exact) mass is 240 g/mol. The molecule has 0 amide bonds. The van der Waals surface area contributed by atoms with Gasteiger partial charge in [-0.1, -0.05) is 23.7 Å². The summed E-state index contributed by atoms with van der Waals surface area (Å²) in [6, 6.07) is 7.92. The van der Waals surface area contributed by atoms with E-state index in [2.05, 4.69) is 10.2 Å². The second-order valence-corrected chi connectivity index (χ2v) is 4.45. The third-order valence-corrected chi connectivity index (χ3v) is 3.27. The van der Waals surface area contributed by atoms with Crippen molar-refractivity contribution in [3.63, 3.8) is 0 Å². The highest BCUT2D eigenvalue weighted by Gasteiger charge is 2.21. The lowest BCUT2D eigenvalue weighted by Gasteiger charge is -2.31. The highest BCUT2D eigenvalue weighted by molar-refractivity contribution is 6.33. The van der Waals surface area contributed by atoms with Gasteiger partial charge in [0.1, 0.15) is 0 Å². The molecule has 2 rings (SSSR count). The van der Waals surface area contributed by atoms with E-state index in [1.165, 1.54) is 0 Å². The Bertz CT molecular complexity index is 346. The number of rotatable bonds is 2. The van der Waals surface area contributed by atoms with Crippen molar-refractivity contribution in [2.45, 2.75) is 12.5 Å². The number of anilines is 1. The Hall–Kier alpha value is -0.770. The average molecular weight is 241 g/mol. The van der Waals surface area contributed by atoms with E-state index in [1.807, 2.05) is 24.3 Å². The van der Waals surface area contributed by atoms with Crippen molar-refractivity contribution in [1.82, 2.24) is 5.32 Å². The maximum Gasteiger partial charge on any atom is 0.0647 e. The molecule has 88 valence electrons. The predicted octanol–water partition coefficient (Wildman–Crippen LogP) is 1.50. The molecule has 1 aliphatic heterocycles. The molecule has 1 heterocycles. The quantitative estimate of drug-likeness (QED) is 0.823. The standard InChI is InChI=1S/C12H17ClN2O/c13-11-4-1-2-5-12(11)15-7-3-6-14-8-10(15)9-16/h1-2,4-5,10,14,16H,3,6-9H2. The number of benzene rings is 1. The molecule has 0 radical (unpaired) electrons. The topological polar surface area (TPSA) is 35.5 Å². The summed E-state index contributed by atoms with van der Waals surface area (Å²) in [5.41, 5.74) is 1.02. The molecular weight excluding hydrogens is 224 g/mol. The summed E-state index contributed by atoms with van der Waals surface area (Å²) in [5, 5.41) is 13.5. The van der Waals surface area contributed by atoms with E-state index >= 15 is 0 Å². The van der Waals surface area contributed by atoms with Crippen LogP contribution in [0.15, 0.2) is 24.3 Å². The number of hydrogen-bond donors (Lipinski definition) is 2. The first-order chi connectivity index (χ1) is 7.83. The van der Waals surface area contributed by atoms with Gasteiger partial charge in [-0.15, -0.1) is 0 Å². The molecule has 0 saturated carbocycles. The van der Waals surface area contributed by atoms with Gasteiger partial charge in [0.05, 0.1) is 23.4 Å². The van der Waals surface area contributed by atoms with Gasteiger partial charge in [-0.2, -0.15) is 0 Å². The fraction of sp³-hybridized carbons (Fsp3) is 0.500. The third-order valence-electron chi connectivity index (χ3n) is 2.95. The molecule has 4 heteroatoms. The zero-order valence-electron chi connectivity index (χ0n) is 9.19. The summed E-state index contributed by atoms with van der Waals surface area (Å²) in [6.07, 6.45) is 1.07. The maximum absolute atomic E-state index is 9.41. The predicted molar refractivity (Wildman–Crippen MR) is 67.2 cm³/mol. The van der Waals surface area contributed by atoms with Crippen molar-refractivity contribution in [3.05, 3.63) is 29.3 Å². The van der Waals surface area contributed by atoms with Crippen molar-refractivity contribution in [1.29, 1.82) is 0 Å². The van der Waals surface area contributed by atoms with E-state index in [9.17, 15) is 5.11 Å². The highest BCUT2D eigenvalue weighted by atomic mass is 35.5. The number of aliphatic hydroxyl groups is 1. The number of halogens is 1. The van der Waals surface area contributed by atoms with Gasteiger partial charge < -0.3 is 15.3 Å². The second kappa shape index (κ2) is 5.53. The average Bonchev–Trinajstić information content (AvgIpc) is 2.54. The first-order valence-electron chi connectivity index (χ1n) is 5.65. The lowest BCUT2D eigenvalue weighted by Crippen LogP contribution is -2.42. The van der Waals surface area contributed by atoms with Crippen LogP contribution in [0.5, 0.6) is 0 Å². The fourth-order valence-corrected chi connectivity index (χ4v) is 2.35. The zero-order valence-corrected chi connectivity index (χ0v) is 9.95. The van der Waals surface area contributed by atoms with Gasteiger partial charge in [0, 0.05) is 13.1 Å². The van der Waals surface area contributed by atoms with Crippen LogP contribution in [0, 0.1) is 0 Å². The van der Waals surface area contributed by atoms with Crippen LogP contribution >= 0.6 is 11.6 Å². The van der Waals surface area contributed by atoms with Crippen LogP contribution in [0.2, 0.25) is 5.02 Å². The van der Waals surface area contributed by atoms with E-state index in [-0.39, 0.29) is 12.6 Å². The van der Waals surface area contributed by atoms with Crippen LogP contribution in [0.3, 0.4) is 0 Å². The summed E-state index contributed by atoms with van der Waals surface area (Å²) in [4.78, 5) is 2.20. The molecule has 3 nitrogen and oxygen atoms in total. The molecule has 1 unspecified atom stereocenters. The highest BCUT2D eigenvalue weighted by Crippen LogP contribution is 2.27. The third kappa shape index (κ3) is 2.48. The van der Waals surface area contributed by atoms with Gasteiger partial charge in [-0.05, 0) is 25.1 Å². The second-order valence-electron chi connectivity index (χ2n) is 4.04. The molecule has 16 heavy (non-hydrogen) atoms. The summed E-state index contributed by atoms with van der Waals surface area (Å²) in [5.74, 6) is 0. The number of hydrogen-bond acceptors (Lipinski definition) is 3. The zero-order chi connectivity index (χ0) is 11.4. The Kier molecular flexibility index (Phi) is 4.04. The van der Waals surface area contributed by atoms with E-state index in [1.54, 1.807) is 0 Å². The van der Waals surface area contributed by atoms with E-state index in [0.717, 1.165) is 36.8 Å². The van der Waals surface area contributed by atoms with Crippen LogP contribution in [0.25, 0.3) is 0 Å². The van der Waals surface area contributed by atoms with Gasteiger partial charge in [0.2, 0.25) is 0 Å².